The van der Waals surface area contributed by atoms with Gasteiger partial charge in [0.1, 0.15) is 0 Å². The van der Waals surface area contributed by atoms with Gasteiger partial charge in [-0.1, -0.05) is 6.92 Å². The fourth-order valence-electron chi connectivity index (χ4n) is 2.08. The second-order valence-corrected chi connectivity index (χ2v) is 5.40. The lowest BCUT2D eigenvalue weighted by Gasteiger charge is -2.28. The molecule has 1 aliphatic rings. The summed E-state index contributed by atoms with van der Waals surface area (Å²) in [6.07, 6.45) is 2.60. The first kappa shape index (κ1) is 13.8. The minimum absolute atomic E-state index is 0.0135. The Kier molecular flexibility index (Phi) is 5.06. The maximum atomic E-state index is 12.1. The van der Waals surface area contributed by atoms with Crippen LogP contribution in [0.3, 0.4) is 0 Å². The number of carbonyl (C=O) groups excluding carboxylic acids is 1. The SMILES string of the molecule is CCC1OCCC1C(=O)NC(C)(C)CCCl. The fourth-order valence-corrected chi connectivity index (χ4v) is 2.55. The van der Waals surface area contributed by atoms with E-state index in [9.17, 15) is 4.79 Å². The van der Waals surface area contributed by atoms with Crippen molar-refractivity contribution in [1.82, 2.24) is 5.32 Å². The van der Waals surface area contributed by atoms with Crippen LogP contribution in [0.2, 0.25) is 0 Å². The molecule has 0 radical (unpaired) electrons. The van der Waals surface area contributed by atoms with Crippen LogP contribution in [0.4, 0.5) is 0 Å². The van der Waals surface area contributed by atoms with E-state index < -0.39 is 0 Å². The van der Waals surface area contributed by atoms with Gasteiger partial charge in [0, 0.05) is 18.0 Å². The van der Waals surface area contributed by atoms with Gasteiger partial charge in [0.25, 0.3) is 0 Å². The Hall–Kier alpha value is -0.280. The van der Waals surface area contributed by atoms with Crippen molar-refractivity contribution in [1.29, 1.82) is 0 Å². The van der Waals surface area contributed by atoms with Crippen molar-refractivity contribution >= 4 is 17.5 Å². The van der Waals surface area contributed by atoms with Gasteiger partial charge < -0.3 is 10.1 Å². The summed E-state index contributed by atoms with van der Waals surface area (Å²) in [5, 5.41) is 3.06. The van der Waals surface area contributed by atoms with E-state index in [2.05, 4.69) is 12.2 Å². The van der Waals surface area contributed by atoms with Crippen LogP contribution in [0.1, 0.15) is 40.0 Å². The highest BCUT2D eigenvalue weighted by Crippen LogP contribution is 2.24. The van der Waals surface area contributed by atoms with Gasteiger partial charge in [-0.3, -0.25) is 4.79 Å². The summed E-state index contributed by atoms with van der Waals surface area (Å²) >= 11 is 5.71. The van der Waals surface area contributed by atoms with Gasteiger partial charge in [-0.15, -0.1) is 11.6 Å². The molecule has 1 aliphatic heterocycles. The van der Waals surface area contributed by atoms with Crippen molar-refractivity contribution in [2.75, 3.05) is 12.5 Å². The maximum Gasteiger partial charge on any atom is 0.226 e. The molecule has 1 fully saturated rings. The second kappa shape index (κ2) is 5.87. The Morgan fingerprint density at radius 2 is 2.25 bits per heavy atom. The quantitative estimate of drug-likeness (QED) is 0.758. The third-order valence-corrected chi connectivity index (χ3v) is 3.32. The summed E-state index contributed by atoms with van der Waals surface area (Å²) < 4.78 is 5.52. The Morgan fingerprint density at radius 1 is 1.56 bits per heavy atom. The minimum atomic E-state index is -0.223. The predicted molar refractivity (Wildman–Crippen MR) is 65.7 cm³/mol. The molecule has 1 saturated heterocycles. The average Bonchev–Trinajstić information content (AvgIpc) is 2.64. The highest BCUT2D eigenvalue weighted by molar-refractivity contribution is 6.17. The Balaban J connectivity index is 2.51. The van der Waals surface area contributed by atoms with Gasteiger partial charge in [-0.05, 0) is 33.1 Å². The third kappa shape index (κ3) is 3.63. The van der Waals surface area contributed by atoms with Crippen LogP contribution in [0, 0.1) is 5.92 Å². The van der Waals surface area contributed by atoms with Crippen LogP contribution in [0.25, 0.3) is 0 Å². The summed E-state index contributed by atoms with van der Waals surface area (Å²) in [6.45, 7) is 6.76. The molecule has 1 N–H and O–H groups in total. The van der Waals surface area contributed by atoms with Gasteiger partial charge in [0.15, 0.2) is 0 Å². The van der Waals surface area contributed by atoms with E-state index in [-0.39, 0.29) is 23.5 Å². The zero-order valence-electron chi connectivity index (χ0n) is 10.4. The maximum absolute atomic E-state index is 12.1. The van der Waals surface area contributed by atoms with Crippen LogP contribution in [-0.4, -0.2) is 30.0 Å². The highest BCUT2D eigenvalue weighted by atomic mass is 35.5. The molecule has 1 amide bonds. The predicted octanol–water partition coefficient (Wildman–Crippen LogP) is 2.33. The van der Waals surface area contributed by atoms with E-state index in [4.69, 9.17) is 16.3 Å². The van der Waals surface area contributed by atoms with Crippen LogP contribution in [0.15, 0.2) is 0 Å². The minimum Gasteiger partial charge on any atom is -0.377 e. The number of amides is 1. The number of halogens is 1. The molecule has 1 rings (SSSR count). The smallest absolute Gasteiger partial charge is 0.226 e. The fraction of sp³-hybridized carbons (Fsp3) is 0.917. The van der Waals surface area contributed by atoms with E-state index in [0.29, 0.717) is 12.5 Å². The zero-order chi connectivity index (χ0) is 12.2. The van der Waals surface area contributed by atoms with E-state index in [0.717, 1.165) is 19.3 Å². The summed E-state index contributed by atoms with van der Waals surface area (Å²) in [5.41, 5.74) is -0.223. The molecule has 4 heteroatoms. The molecule has 3 nitrogen and oxygen atoms in total. The summed E-state index contributed by atoms with van der Waals surface area (Å²) in [5.74, 6) is 0.685. The van der Waals surface area contributed by atoms with Gasteiger partial charge in [-0.25, -0.2) is 0 Å². The van der Waals surface area contributed by atoms with Crippen molar-refractivity contribution in [3.63, 3.8) is 0 Å². The second-order valence-electron chi connectivity index (χ2n) is 5.02. The van der Waals surface area contributed by atoms with Crippen LogP contribution < -0.4 is 5.32 Å². The molecule has 0 saturated carbocycles. The molecular weight excluding hydrogens is 226 g/mol. The van der Waals surface area contributed by atoms with E-state index in [1.54, 1.807) is 0 Å². The number of rotatable bonds is 5. The van der Waals surface area contributed by atoms with Crippen LogP contribution in [0.5, 0.6) is 0 Å². The third-order valence-electron chi connectivity index (χ3n) is 3.13. The number of carbonyl (C=O) groups is 1. The molecule has 0 aromatic heterocycles. The lowest BCUT2D eigenvalue weighted by molar-refractivity contribution is -0.128. The van der Waals surface area contributed by atoms with Crippen molar-refractivity contribution in [3.8, 4) is 0 Å². The zero-order valence-corrected chi connectivity index (χ0v) is 11.1. The molecule has 2 atom stereocenters. The molecule has 1 heterocycles. The summed E-state index contributed by atoms with van der Waals surface area (Å²) in [7, 11) is 0. The van der Waals surface area contributed by atoms with E-state index in [1.165, 1.54) is 0 Å². The topological polar surface area (TPSA) is 38.3 Å². The number of alkyl halides is 1. The van der Waals surface area contributed by atoms with Crippen molar-refractivity contribution in [2.45, 2.75) is 51.7 Å². The first-order valence-electron chi connectivity index (χ1n) is 5.99. The molecular formula is C12H22ClNO2. The van der Waals surface area contributed by atoms with Gasteiger partial charge >= 0.3 is 0 Å². The number of hydrogen-bond donors (Lipinski definition) is 1. The number of nitrogens with one attached hydrogen (secondary N) is 1. The van der Waals surface area contributed by atoms with Gasteiger partial charge in [-0.2, -0.15) is 0 Å². The van der Waals surface area contributed by atoms with Gasteiger partial charge in [0.05, 0.1) is 12.0 Å². The largest absolute Gasteiger partial charge is 0.377 e. The average molecular weight is 248 g/mol. The lowest BCUT2D eigenvalue weighted by Crippen LogP contribution is -2.47. The van der Waals surface area contributed by atoms with Gasteiger partial charge in [0.2, 0.25) is 5.91 Å². The Morgan fingerprint density at radius 3 is 2.81 bits per heavy atom. The molecule has 94 valence electrons. The van der Waals surface area contributed by atoms with Crippen molar-refractivity contribution in [3.05, 3.63) is 0 Å². The van der Waals surface area contributed by atoms with Crippen molar-refractivity contribution < 1.29 is 9.53 Å². The molecule has 16 heavy (non-hydrogen) atoms. The highest BCUT2D eigenvalue weighted by Gasteiger charge is 2.34. The molecule has 0 bridgehead atoms. The normalized spacial score (nSPS) is 25.8. The van der Waals surface area contributed by atoms with E-state index in [1.807, 2.05) is 13.8 Å². The lowest BCUT2D eigenvalue weighted by atomic mass is 9.95. The number of ether oxygens (including phenoxy) is 1. The first-order chi connectivity index (χ1) is 7.50. The summed E-state index contributed by atoms with van der Waals surface area (Å²) in [4.78, 5) is 12.1. The summed E-state index contributed by atoms with van der Waals surface area (Å²) in [6, 6.07) is 0. The molecule has 0 spiro atoms. The number of hydrogen-bond acceptors (Lipinski definition) is 2. The van der Waals surface area contributed by atoms with E-state index >= 15 is 0 Å². The standard InChI is InChI=1S/C12H22ClNO2/c1-4-10-9(5-8-16-10)11(15)14-12(2,3)6-7-13/h9-10H,4-8H2,1-3H3,(H,14,15). The van der Waals surface area contributed by atoms with Crippen LogP contribution in [-0.2, 0) is 9.53 Å². The molecule has 0 aromatic carbocycles. The Labute approximate surface area is 103 Å². The molecule has 0 aromatic rings. The van der Waals surface area contributed by atoms with Crippen LogP contribution >= 0.6 is 11.6 Å². The molecule has 0 aliphatic carbocycles. The molecule has 2 unspecified atom stereocenters. The monoisotopic (exact) mass is 247 g/mol. The Bertz CT molecular complexity index is 243. The van der Waals surface area contributed by atoms with Crippen molar-refractivity contribution in [2.24, 2.45) is 5.92 Å². The first-order valence-corrected chi connectivity index (χ1v) is 6.53.